The molecule has 0 unspecified atom stereocenters. The highest BCUT2D eigenvalue weighted by Crippen LogP contribution is 2.24. The number of ether oxygens (including phenoxy) is 2. The average Bonchev–Trinajstić information content (AvgIpc) is 2.88. The van der Waals surface area contributed by atoms with Crippen molar-refractivity contribution in [2.45, 2.75) is 13.0 Å². The van der Waals surface area contributed by atoms with E-state index in [4.69, 9.17) is 9.47 Å². The Labute approximate surface area is 109 Å². The van der Waals surface area contributed by atoms with Gasteiger partial charge < -0.3 is 9.47 Å². The van der Waals surface area contributed by atoms with Crippen LogP contribution in [0, 0.1) is 0 Å². The number of nitrogens with zero attached hydrogens (tertiary/aromatic N) is 1. The van der Waals surface area contributed by atoms with Crippen molar-refractivity contribution < 1.29 is 14.3 Å². The predicted octanol–water partition coefficient (Wildman–Crippen LogP) is 3.07. The summed E-state index contributed by atoms with van der Waals surface area (Å²) in [4.78, 5) is 16.5. The molecule has 94 valence electrons. The van der Waals surface area contributed by atoms with E-state index in [1.165, 1.54) is 11.3 Å². The number of aromatic nitrogens is 1. The summed E-state index contributed by atoms with van der Waals surface area (Å²) in [5, 5.41) is 1.77. The van der Waals surface area contributed by atoms with Gasteiger partial charge in [-0.25, -0.2) is 4.79 Å². The van der Waals surface area contributed by atoms with Crippen LogP contribution in [-0.2, 0) is 4.74 Å². The molecule has 0 N–H and O–H groups in total. The average molecular weight is 263 g/mol. The number of pyridine rings is 1. The molecule has 18 heavy (non-hydrogen) atoms. The molecule has 0 radical (unpaired) electrons. The summed E-state index contributed by atoms with van der Waals surface area (Å²) in [5.74, 6) is 0.305. The summed E-state index contributed by atoms with van der Waals surface area (Å²) < 4.78 is 10.4. The zero-order chi connectivity index (χ0) is 13.0. The number of hydrogen-bond donors (Lipinski definition) is 0. The largest absolute Gasteiger partial charge is 0.496 e. The van der Waals surface area contributed by atoms with Crippen LogP contribution in [0.15, 0.2) is 35.8 Å². The second-order valence-corrected chi connectivity index (χ2v) is 4.56. The van der Waals surface area contributed by atoms with Gasteiger partial charge in [0.05, 0.1) is 12.8 Å². The third-order valence-corrected chi connectivity index (χ3v) is 3.29. The number of carbonyl (C=O) groups excluding carboxylic acids is 1. The maximum Gasteiger partial charge on any atom is 0.349 e. The van der Waals surface area contributed by atoms with Gasteiger partial charge in [-0.3, -0.25) is 4.98 Å². The van der Waals surface area contributed by atoms with Crippen LogP contribution in [0.1, 0.15) is 28.4 Å². The van der Waals surface area contributed by atoms with Crippen molar-refractivity contribution in [2.75, 3.05) is 7.11 Å². The second kappa shape index (κ2) is 5.64. The quantitative estimate of drug-likeness (QED) is 0.795. The Bertz CT molecular complexity index is 524. The van der Waals surface area contributed by atoms with Gasteiger partial charge in [-0.1, -0.05) is 6.07 Å². The van der Waals surface area contributed by atoms with E-state index in [0.717, 1.165) is 5.69 Å². The molecule has 2 rings (SSSR count). The molecule has 0 aliphatic rings. The van der Waals surface area contributed by atoms with Crippen molar-refractivity contribution in [1.29, 1.82) is 0 Å². The SMILES string of the molecule is COc1csc(C(=O)O[C@@H](C)c2ccccn2)c1. The number of hydrogen-bond acceptors (Lipinski definition) is 5. The van der Waals surface area contributed by atoms with Gasteiger partial charge in [-0.15, -0.1) is 11.3 Å². The molecule has 0 spiro atoms. The molecule has 5 heteroatoms. The molecule has 2 heterocycles. The number of rotatable bonds is 4. The van der Waals surface area contributed by atoms with Crippen LogP contribution in [0.4, 0.5) is 0 Å². The van der Waals surface area contributed by atoms with Gasteiger partial charge in [0.1, 0.15) is 16.7 Å². The fourth-order valence-electron chi connectivity index (χ4n) is 1.43. The van der Waals surface area contributed by atoms with Crippen molar-refractivity contribution in [3.05, 3.63) is 46.4 Å². The van der Waals surface area contributed by atoms with Crippen molar-refractivity contribution in [1.82, 2.24) is 4.98 Å². The number of methoxy groups -OCH3 is 1. The first-order valence-electron chi connectivity index (χ1n) is 5.45. The lowest BCUT2D eigenvalue weighted by Gasteiger charge is -2.11. The fourth-order valence-corrected chi connectivity index (χ4v) is 2.16. The first-order valence-corrected chi connectivity index (χ1v) is 6.33. The minimum atomic E-state index is -0.369. The minimum Gasteiger partial charge on any atom is -0.496 e. The Kier molecular flexibility index (Phi) is 3.94. The molecular formula is C13H13NO3S. The van der Waals surface area contributed by atoms with Crippen LogP contribution in [-0.4, -0.2) is 18.1 Å². The molecule has 0 saturated heterocycles. The molecule has 4 nitrogen and oxygen atoms in total. The number of carbonyl (C=O) groups is 1. The topological polar surface area (TPSA) is 48.4 Å². The Morgan fingerprint density at radius 3 is 2.89 bits per heavy atom. The standard InChI is InChI=1S/C13H13NO3S/c1-9(11-5-3-4-6-14-11)17-13(15)12-7-10(16-2)8-18-12/h3-9H,1-2H3/t9-/m0/s1. The van der Waals surface area contributed by atoms with E-state index in [9.17, 15) is 4.79 Å². The van der Waals surface area contributed by atoms with Crippen LogP contribution in [0.25, 0.3) is 0 Å². The van der Waals surface area contributed by atoms with E-state index >= 15 is 0 Å². The van der Waals surface area contributed by atoms with Gasteiger partial charge in [-0.05, 0) is 19.1 Å². The van der Waals surface area contributed by atoms with Gasteiger partial charge in [0.15, 0.2) is 0 Å². The smallest absolute Gasteiger partial charge is 0.349 e. The van der Waals surface area contributed by atoms with Gasteiger partial charge in [-0.2, -0.15) is 0 Å². The highest BCUT2D eigenvalue weighted by Gasteiger charge is 2.16. The molecule has 2 aromatic rings. The maximum atomic E-state index is 11.9. The molecule has 0 aromatic carbocycles. The van der Waals surface area contributed by atoms with Gasteiger partial charge in [0.25, 0.3) is 0 Å². The molecular weight excluding hydrogens is 250 g/mol. The molecule has 0 amide bonds. The summed E-state index contributed by atoms with van der Waals surface area (Å²) >= 11 is 1.30. The van der Waals surface area contributed by atoms with Gasteiger partial charge in [0.2, 0.25) is 0 Å². The zero-order valence-corrected chi connectivity index (χ0v) is 10.9. The summed E-state index contributed by atoms with van der Waals surface area (Å²) in [6.07, 6.45) is 1.31. The third kappa shape index (κ3) is 2.87. The minimum absolute atomic E-state index is 0.360. The maximum absolute atomic E-state index is 11.9. The van der Waals surface area contributed by atoms with Crippen LogP contribution in [0.2, 0.25) is 0 Å². The second-order valence-electron chi connectivity index (χ2n) is 3.65. The molecule has 2 aromatic heterocycles. The summed E-state index contributed by atoms with van der Waals surface area (Å²) in [6, 6.07) is 7.17. The molecule has 0 aliphatic carbocycles. The van der Waals surface area contributed by atoms with E-state index in [2.05, 4.69) is 4.98 Å². The first kappa shape index (κ1) is 12.6. The van der Waals surface area contributed by atoms with Crippen molar-refractivity contribution in [3.63, 3.8) is 0 Å². The lowest BCUT2D eigenvalue weighted by Crippen LogP contribution is -2.08. The number of esters is 1. The molecule has 0 bridgehead atoms. The third-order valence-electron chi connectivity index (χ3n) is 2.40. The fraction of sp³-hybridized carbons (Fsp3) is 0.231. The molecule has 0 aliphatic heterocycles. The Morgan fingerprint density at radius 2 is 2.28 bits per heavy atom. The zero-order valence-electron chi connectivity index (χ0n) is 10.1. The Balaban J connectivity index is 2.03. The van der Waals surface area contributed by atoms with Gasteiger partial charge >= 0.3 is 5.97 Å². The molecule has 1 atom stereocenters. The first-order chi connectivity index (χ1) is 8.70. The normalized spacial score (nSPS) is 11.9. The monoisotopic (exact) mass is 263 g/mol. The summed E-state index contributed by atoms with van der Waals surface area (Å²) in [6.45, 7) is 1.80. The van der Waals surface area contributed by atoms with Gasteiger partial charge in [0, 0.05) is 17.6 Å². The van der Waals surface area contributed by atoms with Crippen molar-refractivity contribution >= 4 is 17.3 Å². The van der Waals surface area contributed by atoms with Crippen molar-refractivity contribution in [2.24, 2.45) is 0 Å². The molecule has 0 saturated carbocycles. The van der Waals surface area contributed by atoms with Crippen molar-refractivity contribution in [3.8, 4) is 5.75 Å². The van der Waals surface area contributed by atoms with E-state index in [0.29, 0.717) is 10.6 Å². The van der Waals surface area contributed by atoms with Crippen LogP contribution >= 0.6 is 11.3 Å². The van der Waals surface area contributed by atoms with E-state index in [-0.39, 0.29) is 12.1 Å². The summed E-state index contributed by atoms with van der Waals surface area (Å²) in [7, 11) is 1.56. The Hall–Kier alpha value is -1.88. The predicted molar refractivity (Wildman–Crippen MR) is 68.9 cm³/mol. The lowest BCUT2D eigenvalue weighted by atomic mass is 10.2. The highest BCUT2D eigenvalue weighted by atomic mass is 32.1. The van der Waals surface area contributed by atoms with Crippen LogP contribution < -0.4 is 4.74 Å². The van der Waals surface area contributed by atoms with E-state index < -0.39 is 0 Å². The van der Waals surface area contributed by atoms with Crippen LogP contribution in [0.5, 0.6) is 5.75 Å². The van der Waals surface area contributed by atoms with E-state index in [1.54, 1.807) is 31.7 Å². The van der Waals surface area contributed by atoms with Crippen LogP contribution in [0.3, 0.4) is 0 Å². The Morgan fingerprint density at radius 1 is 1.44 bits per heavy atom. The number of thiophene rings is 1. The summed E-state index contributed by atoms with van der Waals surface area (Å²) in [5.41, 5.74) is 0.731. The van der Waals surface area contributed by atoms with E-state index in [1.807, 2.05) is 18.2 Å². The molecule has 0 fully saturated rings. The highest BCUT2D eigenvalue weighted by molar-refractivity contribution is 7.12. The lowest BCUT2D eigenvalue weighted by molar-refractivity contribution is 0.0335.